The molecule has 0 bridgehead atoms. The number of hydrogen-bond donors (Lipinski definition) is 0. The van der Waals surface area contributed by atoms with Crippen molar-refractivity contribution in [1.29, 1.82) is 5.26 Å². The van der Waals surface area contributed by atoms with Gasteiger partial charge in [0.2, 0.25) is 6.61 Å². The molecule has 6 heteroatoms. The fraction of sp³-hybridized carbons (Fsp3) is 0.308. The number of methoxy groups -OCH3 is 1. The van der Waals surface area contributed by atoms with E-state index in [-0.39, 0.29) is 6.61 Å². The van der Waals surface area contributed by atoms with Crippen LogP contribution in [0.3, 0.4) is 0 Å². The van der Waals surface area contributed by atoms with Gasteiger partial charge in [0.15, 0.2) is 6.10 Å². The first kappa shape index (κ1) is 14.5. The smallest absolute Gasteiger partial charge is 0.348 e. The van der Waals surface area contributed by atoms with E-state index in [1.807, 2.05) is 0 Å². The monoisotopic (exact) mass is 262 g/mol. The summed E-state index contributed by atoms with van der Waals surface area (Å²) in [6.07, 6.45) is 0.669. The van der Waals surface area contributed by atoms with Crippen molar-refractivity contribution in [2.45, 2.75) is 13.0 Å². The zero-order valence-corrected chi connectivity index (χ0v) is 10.7. The third-order valence-corrected chi connectivity index (χ3v) is 2.06. The minimum absolute atomic E-state index is 0.335. The van der Waals surface area contributed by atoms with Crippen LogP contribution in [0.4, 0.5) is 0 Å². The van der Waals surface area contributed by atoms with E-state index < -0.39 is 12.1 Å². The first-order chi connectivity index (χ1) is 9.15. The fourth-order valence-corrected chi connectivity index (χ4v) is 1.14. The molecular weight excluding hydrogens is 248 g/mol. The lowest BCUT2D eigenvalue weighted by atomic mass is 10.2. The van der Waals surface area contributed by atoms with E-state index in [0.29, 0.717) is 0 Å². The number of rotatable bonds is 6. The minimum Gasteiger partial charge on any atom is -0.497 e. The SMILES string of the molecule is COc1ccc(/C=N\OCC(=O)O[C@@H](C)C#N)cc1. The van der Waals surface area contributed by atoms with Gasteiger partial charge in [-0.25, -0.2) is 4.79 Å². The topological polar surface area (TPSA) is 80.9 Å². The maximum Gasteiger partial charge on any atom is 0.348 e. The van der Waals surface area contributed by atoms with Crippen LogP contribution in [-0.4, -0.2) is 32.0 Å². The van der Waals surface area contributed by atoms with Gasteiger partial charge < -0.3 is 14.3 Å². The van der Waals surface area contributed by atoms with Gasteiger partial charge in [-0.15, -0.1) is 0 Å². The van der Waals surface area contributed by atoms with Gasteiger partial charge in [0.05, 0.1) is 13.3 Å². The Labute approximate surface area is 111 Å². The Morgan fingerprint density at radius 1 is 1.47 bits per heavy atom. The van der Waals surface area contributed by atoms with Crippen molar-refractivity contribution >= 4 is 12.2 Å². The molecule has 6 nitrogen and oxygen atoms in total. The molecule has 0 heterocycles. The molecule has 0 aliphatic rings. The van der Waals surface area contributed by atoms with Crippen molar-refractivity contribution in [3.63, 3.8) is 0 Å². The van der Waals surface area contributed by atoms with Gasteiger partial charge in [0, 0.05) is 0 Å². The van der Waals surface area contributed by atoms with Crippen molar-refractivity contribution < 1.29 is 19.1 Å². The van der Waals surface area contributed by atoms with Crippen LogP contribution in [-0.2, 0) is 14.4 Å². The van der Waals surface area contributed by atoms with Gasteiger partial charge in [-0.3, -0.25) is 0 Å². The average Bonchev–Trinajstić information content (AvgIpc) is 2.44. The van der Waals surface area contributed by atoms with Gasteiger partial charge in [0.1, 0.15) is 11.8 Å². The number of esters is 1. The summed E-state index contributed by atoms with van der Waals surface area (Å²) in [7, 11) is 1.58. The molecule has 0 radical (unpaired) electrons. The second-order valence-electron chi connectivity index (χ2n) is 3.54. The summed E-state index contributed by atoms with van der Waals surface area (Å²) in [5.74, 6) is 0.105. The highest BCUT2D eigenvalue weighted by Crippen LogP contribution is 2.09. The molecule has 0 aliphatic carbocycles. The zero-order valence-electron chi connectivity index (χ0n) is 10.7. The Hall–Kier alpha value is -2.55. The van der Waals surface area contributed by atoms with Crippen LogP contribution < -0.4 is 4.74 Å². The maximum atomic E-state index is 11.1. The molecule has 0 saturated carbocycles. The van der Waals surface area contributed by atoms with E-state index >= 15 is 0 Å². The van der Waals surface area contributed by atoms with Crippen LogP contribution in [0.15, 0.2) is 29.4 Å². The van der Waals surface area contributed by atoms with Crippen molar-refractivity contribution in [2.75, 3.05) is 13.7 Å². The molecule has 0 unspecified atom stereocenters. The minimum atomic E-state index is -0.790. The largest absolute Gasteiger partial charge is 0.497 e. The normalized spacial score (nSPS) is 11.6. The third-order valence-electron chi connectivity index (χ3n) is 2.06. The molecule has 0 aromatic heterocycles. The number of carbonyl (C=O) groups is 1. The first-order valence-electron chi connectivity index (χ1n) is 5.54. The van der Waals surface area contributed by atoms with Crippen LogP contribution in [0.2, 0.25) is 0 Å². The summed E-state index contributed by atoms with van der Waals surface area (Å²) in [6.45, 7) is 1.14. The first-order valence-corrected chi connectivity index (χ1v) is 5.54. The quantitative estimate of drug-likeness (QED) is 0.441. The fourth-order valence-electron chi connectivity index (χ4n) is 1.14. The Kier molecular flexibility index (Phi) is 5.89. The molecule has 0 amide bonds. The Morgan fingerprint density at radius 2 is 2.16 bits per heavy atom. The van der Waals surface area contributed by atoms with E-state index in [9.17, 15) is 4.79 Å². The van der Waals surface area contributed by atoms with E-state index in [1.54, 1.807) is 37.4 Å². The molecule has 0 fully saturated rings. The van der Waals surface area contributed by atoms with Crippen LogP contribution in [0.25, 0.3) is 0 Å². The van der Waals surface area contributed by atoms with Gasteiger partial charge in [-0.05, 0) is 36.8 Å². The number of oxime groups is 1. The highest BCUT2D eigenvalue weighted by atomic mass is 16.7. The Balaban J connectivity index is 2.34. The Bertz CT molecular complexity index is 476. The van der Waals surface area contributed by atoms with Crippen LogP contribution in [0, 0.1) is 11.3 Å². The van der Waals surface area contributed by atoms with E-state index in [2.05, 4.69) is 9.89 Å². The van der Waals surface area contributed by atoms with Gasteiger partial charge in [-0.1, -0.05) is 5.16 Å². The predicted octanol–water partition coefficient (Wildman–Crippen LogP) is 1.50. The summed E-state index contributed by atoms with van der Waals surface area (Å²) in [4.78, 5) is 15.9. The molecule has 1 aromatic carbocycles. The lowest BCUT2D eigenvalue weighted by Gasteiger charge is -2.04. The number of ether oxygens (including phenoxy) is 2. The summed E-state index contributed by atoms with van der Waals surface area (Å²) in [6, 6.07) is 8.92. The second kappa shape index (κ2) is 7.71. The molecule has 1 aromatic rings. The van der Waals surface area contributed by atoms with Gasteiger partial charge in [0.25, 0.3) is 0 Å². The lowest BCUT2D eigenvalue weighted by Crippen LogP contribution is -2.16. The summed E-state index contributed by atoms with van der Waals surface area (Å²) in [5.41, 5.74) is 0.805. The molecule has 100 valence electrons. The molecule has 0 saturated heterocycles. The molecule has 1 atom stereocenters. The van der Waals surface area contributed by atoms with E-state index in [4.69, 9.17) is 14.8 Å². The van der Waals surface area contributed by atoms with Gasteiger partial charge in [-0.2, -0.15) is 5.26 Å². The number of benzene rings is 1. The molecule has 19 heavy (non-hydrogen) atoms. The summed E-state index contributed by atoms with van der Waals surface area (Å²) in [5, 5.41) is 12.1. The zero-order chi connectivity index (χ0) is 14.1. The molecule has 1 rings (SSSR count). The van der Waals surface area contributed by atoms with Crippen LogP contribution in [0.1, 0.15) is 12.5 Å². The highest BCUT2D eigenvalue weighted by molar-refractivity contribution is 5.79. The van der Waals surface area contributed by atoms with E-state index in [1.165, 1.54) is 13.1 Å². The predicted molar refractivity (Wildman–Crippen MR) is 67.7 cm³/mol. The molecular formula is C13H14N2O4. The van der Waals surface area contributed by atoms with Crippen molar-refractivity contribution in [3.8, 4) is 11.8 Å². The molecule has 0 aliphatic heterocycles. The number of hydrogen-bond acceptors (Lipinski definition) is 6. The van der Waals surface area contributed by atoms with Crippen LogP contribution >= 0.6 is 0 Å². The summed E-state index contributed by atoms with van der Waals surface area (Å²) >= 11 is 0. The maximum absolute atomic E-state index is 11.1. The third kappa shape index (κ3) is 5.55. The highest BCUT2D eigenvalue weighted by Gasteiger charge is 2.07. The number of carbonyl (C=O) groups excluding carboxylic acids is 1. The van der Waals surface area contributed by atoms with Crippen LogP contribution in [0.5, 0.6) is 5.75 Å². The second-order valence-corrected chi connectivity index (χ2v) is 3.54. The average molecular weight is 262 g/mol. The number of nitriles is 1. The standard InChI is InChI=1S/C13H14N2O4/c1-10(7-14)19-13(16)9-18-15-8-11-3-5-12(17-2)6-4-11/h3-6,8,10H,9H2,1-2H3/b15-8-/t10-/m0/s1. The summed E-state index contributed by atoms with van der Waals surface area (Å²) < 4.78 is 9.68. The Morgan fingerprint density at radius 3 is 2.74 bits per heavy atom. The lowest BCUT2D eigenvalue weighted by molar-refractivity contribution is -0.151. The van der Waals surface area contributed by atoms with Crippen molar-refractivity contribution in [3.05, 3.63) is 29.8 Å². The van der Waals surface area contributed by atoms with Gasteiger partial charge >= 0.3 is 5.97 Å². The van der Waals surface area contributed by atoms with E-state index in [0.717, 1.165) is 11.3 Å². The van der Waals surface area contributed by atoms with Crippen molar-refractivity contribution in [1.82, 2.24) is 0 Å². The van der Waals surface area contributed by atoms with Crippen molar-refractivity contribution in [2.24, 2.45) is 5.16 Å². The molecule has 0 spiro atoms. The molecule has 0 N–H and O–H groups in total. The number of nitrogens with zero attached hydrogens (tertiary/aromatic N) is 2.